The van der Waals surface area contributed by atoms with Crippen molar-refractivity contribution >= 4 is 5.91 Å². The topological polar surface area (TPSA) is 42.0 Å². The summed E-state index contributed by atoms with van der Waals surface area (Å²) in [5.41, 5.74) is 1.23. The Morgan fingerprint density at radius 3 is 2.95 bits per heavy atom. The molecular weight excluding hydrogens is 280 g/mol. The van der Waals surface area contributed by atoms with Gasteiger partial charge >= 0.3 is 0 Å². The summed E-state index contributed by atoms with van der Waals surface area (Å²) in [6.45, 7) is 2.58. The first-order chi connectivity index (χ1) is 10.6. The molecule has 3 rings (SSSR count). The van der Waals surface area contributed by atoms with Gasteiger partial charge in [-0.2, -0.15) is 0 Å². The van der Waals surface area contributed by atoms with E-state index >= 15 is 0 Å². The van der Waals surface area contributed by atoms with Crippen LogP contribution in [0.4, 0.5) is 0 Å². The van der Waals surface area contributed by atoms with E-state index in [0.717, 1.165) is 31.8 Å². The maximum absolute atomic E-state index is 12.2. The summed E-state index contributed by atoms with van der Waals surface area (Å²) in [5.74, 6) is 1.08. The third-order valence-corrected chi connectivity index (χ3v) is 4.53. The molecule has 2 fully saturated rings. The summed E-state index contributed by atoms with van der Waals surface area (Å²) in [4.78, 5) is 16.3. The molecule has 1 aromatic carbocycles. The zero-order valence-electron chi connectivity index (χ0n) is 13.5. The van der Waals surface area contributed by atoms with E-state index in [2.05, 4.69) is 17.0 Å². The van der Waals surface area contributed by atoms with E-state index in [0.29, 0.717) is 0 Å². The fraction of sp³-hybridized carbons (Fsp3) is 0.588. The van der Waals surface area contributed by atoms with Gasteiger partial charge in [0.05, 0.1) is 25.2 Å². The molecule has 2 aliphatic heterocycles. The molecule has 1 aromatic rings. The van der Waals surface area contributed by atoms with Crippen LogP contribution >= 0.6 is 0 Å². The van der Waals surface area contributed by atoms with Gasteiger partial charge in [-0.25, -0.2) is 0 Å². The minimum atomic E-state index is 0.00955. The molecule has 2 aliphatic rings. The van der Waals surface area contributed by atoms with Gasteiger partial charge in [-0.3, -0.25) is 9.69 Å². The van der Waals surface area contributed by atoms with Gasteiger partial charge < -0.3 is 14.4 Å². The van der Waals surface area contributed by atoms with Crippen LogP contribution in [-0.2, 0) is 16.1 Å². The molecule has 1 amide bonds. The molecule has 2 saturated heterocycles. The number of benzene rings is 1. The molecule has 0 aromatic heterocycles. The van der Waals surface area contributed by atoms with Crippen LogP contribution in [0.25, 0.3) is 0 Å². The van der Waals surface area contributed by atoms with Crippen LogP contribution < -0.4 is 4.74 Å². The molecule has 2 heterocycles. The van der Waals surface area contributed by atoms with Crippen LogP contribution in [0.2, 0.25) is 0 Å². The van der Waals surface area contributed by atoms with Crippen molar-refractivity contribution in [2.45, 2.75) is 25.2 Å². The fourth-order valence-electron chi connectivity index (χ4n) is 3.49. The molecule has 0 saturated carbocycles. The molecule has 22 heavy (non-hydrogen) atoms. The molecule has 0 unspecified atom stereocenters. The number of nitrogens with zero attached hydrogens (tertiary/aromatic N) is 2. The lowest BCUT2D eigenvalue weighted by Crippen LogP contribution is -2.44. The third-order valence-electron chi connectivity index (χ3n) is 4.53. The average Bonchev–Trinajstić information content (AvgIpc) is 2.81. The second kappa shape index (κ2) is 6.26. The van der Waals surface area contributed by atoms with Crippen molar-refractivity contribution in [3.63, 3.8) is 0 Å². The van der Waals surface area contributed by atoms with E-state index in [9.17, 15) is 4.79 Å². The molecule has 0 aliphatic carbocycles. The Balaban J connectivity index is 1.65. The van der Waals surface area contributed by atoms with Gasteiger partial charge in [0, 0.05) is 33.7 Å². The van der Waals surface area contributed by atoms with E-state index in [4.69, 9.17) is 9.47 Å². The summed E-state index contributed by atoms with van der Waals surface area (Å²) in [6, 6.07) is 8.15. The third kappa shape index (κ3) is 3.10. The predicted molar refractivity (Wildman–Crippen MR) is 83.7 cm³/mol. The van der Waals surface area contributed by atoms with Gasteiger partial charge in [-0.1, -0.05) is 12.1 Å². The van der Waals surface area contributed by atoms with E-state index in [-0.39, 0.29) is 24.0 Å². The number of likely N-dealkylation sites (tertiary alicyclic amines) is 1. The second-order valence-corrected chi connectivity index (χ2v) is 6.42. The Morgan fingerprint density at radius 2 is 2.23 bits per heavy atom. The van der Waals surface area contributed by atoms with E-state index in [1.807, 2.05) is 26.2 Å². The second-order valence-electron chi connectivity index (χ2n) is 6.42. The summed E-state index contributed by atoms with van der Waals surface area (Å²) in [5, 5.41) is 0. The molecule has 2 bridgehead atoms. The highest BCUT2D eigenvalue weighted by molar-refractivity contribution is 5.79. The molecule has 3 atom stereocenters. The Labute approximate surface area is 131 Å². The van der Waals surface area contributed by atoms with Gasteiger partial charge in [0.15, 0.2) is 0 Å². The highest BCUT2D eigenvalue weighted by atomic mass is 16.5. The number of ether oxygens (including phenoxy) is 2. The molecule has 5 nitrogen and oxygen atoms in total. The fourth-order valence-corrected chi connectivity index (χ4v) is 3.49. The Kier molecular flexibility index (Phi) is 4.36. The number of amides is 1. The first-order valence-corrected chi connectivity index (χ1v) is 7.78. The molecule has 0 spiro atoms. The first kappa shape index (κ1) is 15.3. The predicted octanol–water partition coefficient (Wildman–Crippen LogP) is 1.37. The maximum Gasteiger partial charge on any atom is 0.227 e. The molecule has 0 N–H and O–H groups in total. The lowest BCUT2D eigenvalue weighted by Gasteiger charge is -2.33. The minimum absolute atomic E-state index is 0.00955. The van der Waals surface area contributed by atoms with Crippen molar-refractivity contribution in [2.75, 3.05) is 34.3 Å². The van der Waals surface area contributed by atoms with Crippen molar-refractivity contribution in [2.24, 2.45) is 5.92 Å². The Morgan fingerprint density at radius 1 is 1.41 bits per heavy atom. The largest absolute Gasteiger partial charge is 0.497 e. The van der Waals surface area contributed by atoms with Crippen molar-refractivity contribution in [3.05, 3.63) is 29.8 Å². The van der Waals surface area contributed by atoms with Crippen molar-refractivity contribution in [1.29, 1.82) is 0 Å². The molecule has 0 radical (unpaired) electrons. The average molecular weight is 304 g/mol. The normalized spacial score (nSPS) is 27.7. The van der Waals surface area contributed by atoms with E-state index < -0.39 is 0 Å². The number of carbonyl (C=O) groups excluding carboxylic acids is 1. The summed E-state index contributed by atoms with van der Waals surface area (Å²) in [7, 11) is 5.32. The number of morpholine rings is 1. The monoisotopic (exact) mass is 304 g/mol. The maximum atomic E-state index is 12.2. The zero-order chi connectivity index (χ0) is 15.7. The number of rotatable bonds is 4. The van der Waals surface area contributed by atoms with Crippen LogP contribution in [0.5, 0.6) is 5.75 Å². The van der Waals surface area contributed by atoms with Gasteiger partial charge in [-0.15, -0.1) is 0 Å². The Hall–Kier alpha value is -1.59. The number of hydrogen-bond donors (Lipinski definition) is 0. The number of hydrogen-bond acceptors (Lipinski definition) is 4. The van der Waals surface area contributed by atoms with Gasteiger partial charge in [0.2, 0.25) is 5.91 Å². The van der Waals surface area contributed by atoms with E-state index in [1.165, 1.54) is 5.56 Å². The summed E-state index contributed by atoms with van der Waals surface area (Å²) < 4.78 is 11.3. The lowest BCUT2D eigenvalue weighted by molar-refractivity contribution is -0.136. The SMILES string of the molecule is COc1cccc(CN2C[C@H]3C[C@@H](C(=O)N(C)C)[C@@H](C2)O3)c1. The van der Waals surface area contributed by atoms with Crippen LogP contribution in [0.1, 0.15) is 12.0 Å². The van der Waals surface area contributed by atoms with Gasteiger partial charge in [-0.05, 0) is 24.1 Å². The molecule has 120 valence electrons. The first-order valence-electron chi connectivity index (χ1n) is 7.78. The zero-order valence-corrected chi connectivity index (χ0v) is 13.5. The summed E-state index contributed by atoms with van der Waals surface area (Å²) in [6.07, 6.45) is 1.05. The van der Waals surface area contributed by atoms with E-state index in [1.54, 1.807) is 12.0 Å². The van der Waals surface area contributed by atoms with Crippen LogP contribution in [-0.4, -0.2) is 62.2 Å². The highest BCUT2D eigenvalue weighted by Crippen LogP contribution is 2.33. The van der Waals surface area contributed by atoms with Crippen molar-refractivity contribution < 1.29 is 14.3 Å². The number of fused-ring (bicyclic) bond motifs is 2. The van der Waals surface area contributed by atoms with Gasteiger partial charge in [0.25, 0.3) is 0 Å². The van der Waals surface area contributed by atoms with Gasteiger partial charge in [0.1, 0.15) is 5.75 Å². The highest BCUT2D eigenvalue weighted by Gasteiger charge is 2.44. The lowest BCUT2D eigenvalue weighted by atomic mass is 9.99. The van der Waals surface area contributed by atoms with Crippen LogP contribution in [0.3, 0.4) is 0 Å². The number of carbonyl (C=O) groups is 1. The molecular formula is C17H24N2O3. The minimum Gasteiger partial charge on any atom is -0.497 e. The molecule has 5 heteroatoms. The van der Waals surface area contributed by atoms with Crippen LogP contribution in [0, 0.1) is 5.92 Å². The van der Waals surface area contributed by atoms with Crippen LogP contribution in [0.15, 0.2) is 24.3 Å². The van der Waals surface area contributed by atoms with Crippen molar-refractivity contribution in [3.8, 4) is 5.75 Å². The van der Waals surface area contributed by atoms with Crippen molar-refractivity contribution in [1.82, 2.24) is 9.80 Å². The quantitative estimate of drug-likeness (QED) is 0.842. The smallest absolute Gasteiger partial charge is 0.227 e. The Bertz CT molecular complexity index is 546. The standard InChI is InChI=1S/C17H24N2O3/c1-18(2)17(20)15-8-14-10-19(11-16(15)22-14)9-12-5-4-6-13(7-12)21-3/h4-7,14-16H,8-11H2,1-3H3/t14-,15-,16-/m1/s1. The summed E-state index contributed by atoms with van der Waals surface area (Å²) >= 11 is 0. The number of methoxy groups -OCH3 is 1.